The van der Waals surface area contributed by atoms with E-state index in [0.29, 0.717) is 16.7 Å². The summed E-state index contributed by atoms with van der Waals surface area (Å²) in [4.78, 5) is 22.8. The van der Waals surface area contributed by atoms with Gasteiger partial charge in [-0.05, 0) is 24.3 Å². The van der Waals surface area contributed by atoms with Crippen LogP contribution >= 0.6 is 0 Å². The van der Waals surface area contributed by atoms with E-state index >= 15 is 0 Å². The number of hydrogen-bond donors (Lipinski definition) is 0. The van der Waals surface area contributed by atoms with Crippen LogP contribution < -0.4 is 10.4 Å². The average Bonchev–Trinajstić information content (AvgIpc) is 3.11. The number of hydrogen-bond acceptors (Lipinski definition) is 6. The monoisotopic (exact) mass is 344 g/mol. The Balaban J connectivity index is 1.97. The van der Waals surface area contributed by atoms with Crippen molar-refractivity contribution in [2.45, 2.75) is 5.79 Å². The lowest BCUT2D eigenvalue weighted by Crippen LogP contribution is -2.34. The molecule has 4 rings (SSSR count). The molecule has 0 spiro atoms. The minimum Gasteiger partial charge on any atom is -0.493 e. The molecule has 25 heavy (non-hydrogen) atoms. The highest BCUT2D eigenvalue weighted by Crippen LogP contribution is 2.39. The molecular formula is C18H13FO6. The Morgan fingerprint density at radius 3 is 2.72 bits per heavy atom. The van der Waals surface area contributed by atoms with Crippen LogP contribution in [0.2, 0.25) is 0 Å². The highest BCUT2D eigenvalue weighted by Gasteiger charge is 2.46. The van der Waals surface area contributed by atoms with E-state index in [1.165, 1.54) is 25.3 Å². The Bertz CT molecular complexity index is 990. The van der Waals surface area contributed by atoms with Gasteiger partial charge >= 0.3 is 5.63 Å². The van der Waals surface area contributed by atoms with Gasteiger partial charge in [0.2, 0.25) is 0 Å². The Morgan fingerprint density at radius 2 is 2.00 bits per heavy atom. The second kappa shape index (κ2) is 5.96. The van der Waals surface area contributed by atoms with Gasteiger partial charge in [-0.15, -0.1) is 0 Å². The molecule has 1 saturated heterocycles. The standard InChI is InChI=1S/C18H13FO6/c1-21-15-7-2-4-11-8-14(17(20)24-16(11)15)18(22-10-23-25-18)12-5-3-6-13(19)9-12/h2-9H,10H2,1H3. The molecule has 0 N–H and O–H groups in total. The van der Waals surface area contributed by atoms with Crippen molar-refractivity contribution in [1.82, 2.24) is 0 Å². The molecule has 1 aromatic heterocycles. The average molecular weight is 344 g/mol. The third-order valence-electron chi connectivity index (χ3n) is 3.99. The zero-order chi connectivity index (χ0) is 17.4. The van der Waals surface area contributed by atoms with Crippen LogP contribution in [-0.4, -0.2) is 13.9 Å². The van der Waals surface area contributed by atoms with Gasteiger partial charge in [0.25, 0.3) is 5.79 Å². The maximum absolute atomic E-state index is 13.7. The molecular weight excluding hydrogens is 331 g/mol. The van der Waals surface area contributed by atoms with Gasteiger partial charge in [-0.1, -0.05) is 24.3 Å². The van der Waals surface area contributed by atoms with Crippen molar-refractivity contribution in [2.75, 3.05) is 13.9 Å². The quantitative estimate of drug-likeness (QED) is 0.537. The van der Waals surface area contributed by atoms with Gasteiger partial charge in [0, 0.05) is 10.9 Å². The van der Waals surface area contributed by atoms with E-state index in [1.54, 1.807) is 30.3 Å². The van der Waals surface area contributed by atoms with Gasteiger partial charge in [-0.2, -0.15) is 4.89 Å². The summed E-state index contributed by atoms with van der Waals surface area (Å²) in [5.74, 6) is -1.78. The fraction of sp³-hybridized carbons (Fsp3) is 0.167. The van der Waals surface area contributed by atoms with E-state index in [2.05, 4.69) is 0 Å². The predicted molar refractivity (Wildman–Crippen MR) is 84.3 cm³/mol. The van der Waals surface area contributed by atoms with Gasteiger partial charge in [-0.3, -0.25) is 0 Å². The third-order valence-corrected chi connectivity index (χ3v) is 3.99. The smallest absolute Gasteiger partial charge is 0.345 e. The summed E-state index contributed by atoms with van der Waals surface area (Å²) in [5, 5.41) is 0.601. The minimum absolute atomic E-state index is 0.0383. The number of fused-ring (bicyclic) bond motifs is 1. The number of halogens is 1. The number of methoxy groups -OCH3 is 1. The van der Waals surface area contributed by atoms with Crippen LogP contribution in [-0.2, 0) is 20.3 Å². The minimum atomic E-state index is -1.71. The molecule has 0 radical (unpaired) electrons. The number of benzene rings is 2. The second-order valence-corrected chi connectivity index (χ2v) is 5.42. The summed E-state index contributed by atoms with van der Waals surface area (Å²) in [6.07, 6.45) is 0. The van der Waals surface area contributed by atoms with Crippen molar-refractivity contribution in [2.24, 2.45) is 0 Å². The predicted octanol–water partition coefficient (Wildman–Crippen LogP) is 3.08. The molecule has 0 bridgehead atoms. The fourth-order valence-electron chi connectivity index (χ4n) is 2.85. The van der Waals surface area contributed by atoms with Crippen molar-refractivity contribution in [3.8, 4) is 5.75 Å². The Hall–Kier alpha value is -2.74. The maximum atomic E-state index is 13.7. The van der Waals surface area contributed by atoms with Gasteiger partial charge in [-0.25, -0.2) is 14.1 Å². The molecule has 0 saturated carbocycles. The lowest BCUT2D eigenvalue weighted by atomic mass is 9.97. The summed E-state index contributed by atoms with van der Waals surface area (Å²) in [5.41, 5.74) is -0.0882. The van der Waals surface area contributed by atoms with E-state index in [9.17, 15) is 9.18 Å². The molecule has 0 aliphatic carbocycles. The molecule has 2 aromatic carbocycles. The molecule has 1 aliphatic rings. The Labute approximate surface area is 141 Å². The SMILES string of the molecule is COc1cccc2cc(C3(c4cccc(F)c4)OCOO3)c(=O)oc12. The second-order valence-electron chi connectivity index (χ2n) is 5.42. The highest BCUT2D eigenvalue weighted by molar-refractivity contribution is 5.83. The normalized spacial score (nSPS) is 20.1. The van der Waals surface area contributed by atoms with E-state index in [4.69, 9.17) is 23.7 Å². The van der Waals surface area contributed by atoms with Crippen LogP contribution in [0.15, 0.2) is 57.7 Å². The molecule has 1 aliphatic heterocycles. The maximum Gasteiger partial charge on any atom is 0.345 e. The molecule has 1 fully saturated rings. The molecule has 1 atom stereocenters. The number of para-hydroxylation sites is 1. The topological polar surface area (TPSA) is 67.1 Å². The summed E-state index contributed by atoms with van der Waals surface area (Å²) in [6.45, 7) is -0.216. The van der Waals surface area contributed by atoms with E-state index in [0.717, 1.165) is 0 Å². The van der Waals surface area contributed by atoms with Crippen LogP contribution in [0.4, 0.5) is 4.39 Å². The summed E-state index contributed by atoms with van der Waals surface area (Å²) < 4.78 is 29.9. The molecule has 7 heteroatoms. The van der Waals surface area contributed by atoms with Crippen LogP contribution in [0, 0.1) is 5.82 Å². The summed E-state index contributed by atoms with van der Waals surface area (Å²) >= 11 is 0. The first-order valence-corrected chi connectivity index (χ1v) is 7.46. The van der Waals surface area contributed by atoms with Crippen LogP contribution in [0.3, 0.4) is 0 Å². The van der Waals surface area contributed by atoms with Gasteiger partial charge in [0.05, 0.1) is 7.11 Å². The van der Waals surface area contributed by atoms with Crippen molar-refractivity contribution < 1.29 is 28.1 Å². The van der Waals surface area contributed by atoms with E-state index in [-0.39, 0.29) is 17.9 Å². The molecule has 1 unspecified atom stereocenters. The number of rotatable bonds is 3. The van der Waals surface area contributed by atoms with Crippen LogP contribution in [0.5, 0.6) is 5.75 Å². The molecule has 6 nitrogen and oxygen atoms in total. The van der Waals surface area contributed by atoms with Gasteiger partial charge in [0.1, 0.15) is 11.4 Å². The van der Waals surface area contributed by atoms with Gasteiger partial charge < -0.3 is 13.9 Å². The molecule has 2 heterocycles. The first-order chi connectivity index (χ1) is 12.1. The molecule has 128 valence electrons. The zero-order valence-corrected chi connectivity index (χ0v) is 13.2. The molecule has 3 aromatic rings. The van der Waals surface area contributed by atoms with E-state index in [1.807, 2.05) is 0 Å². The first kappa shape index (κ1) is 15.8. The Kier molecular flexibility index (Phi) is 3.76. The number of ether oxygens (including phenoxy) is 2. The Morgan fingerprint density at radius 1 is 1.16 bits per heavy atom. The van der Waals surface area contributed by atoms with Crippen molar-refractivity contribution in [3.05, 3.63) is 75.9 Å². The largest absolute Gasteiger partial charge is 0.493 e. The lowest BCUT2D eigenvalue weighted by molar-refractivity contribution is -0.313. The van der Waals surface area contributed by atoms with E-state index < -0.39 is 17.2 Å². The van der Waals surface area contributed by atoms with Crippen LogP contribution in [0.1, 0.15) is 11.1 Å². The van der Waals surface area contributed by atoms with Crippen LogP contribution in [0.25, 0.3) is 11.0 Å². The van der Waals surface area contributed by atoms with Gasteiger partial charge in [0.15, 0.2) is 18.1 Å². The molecule has 0 amide bonds. The summed E-state index contributed by atoms with van der Waals surface area (Å²) in [7, 11) is 1.48. The van der Waals surface area contributed by atoms with Crippen molar-refractivity contribution in [3.63, 3.8) is 0 Å². The summed E-state index contributed by atoms with van der Waals surface area (Å²) in [6, 6.07) is 12.3. The van der Waals surface area contributed by atoms with Crippen molar-refractivity contribution in [1.29, 1.82) is 0 Å². The van der Waals surface area contributed by atoms with Crippen molar-refractivity contribution >= 4 is 11.0 Å². The fourth-order valence-corrected chi connectivity index (χ4v) is 2.85. The highest BCUT2D eigenvalue weighted by atomic mass is 19.1. The first-order valence-electron chi connectivity index (χ1n) is 7.46. The lowest BCUT2D eigenvalue weighted by Gasteiger charge is -2.24. The zero-order valence-electron chi connectivity index (χ0n) is 13.2. The third kappa shape index (κ3) is 2.49.